The molecule has 0 saturated carbocycles. The molecule has 1 fully saturated rings. The van der Waals surface area contributed by atoms with Crippen LogP contribution in [0.1, 0.15) is 110 Å². The van der Waals surface area contributed by atoms with Gasteiger partial charge in [-0.3, -0.25) is 4.79 Å². The van der Waals surface area contributed by atoms with E-state index in [0.717, 1.165) is 19.3 Å². The third-order valence-corrected chi connectivity index (χ3v) is 4.58. The van der Waals surface area contributed by atoms with Crippen LogP contribution in [-0.4, -0.2) is 12.1 Å². The average Bonchev–Trinajstić information content (AvgIpc) is 2.49. The second-order valence-electron chi connectivity index (χ2n) is 6.68. The van der Waals surface area contributed by atoms with E-state index in [2.05, 4.69) is 6.92 Å². The summed E-state index contributed by atoms with van der Waals surface area (Å²) in [6.45, 7) is 2.25. The Morgan fingerprint density at radius 2 is 1.48 bits per heavy atom. The monoisotopic (exact) mass is 296 g/mol. The number of esters is 1. The smallest absolute Gasteiger partial charge is 0.306 e. The molecule has 0 aliphatic carbocycles. The Morgan fingerprint density at radius 1 is 0.857 bits per heavy atom. The molecule has 2 heteroatoms. The summed E-state index contributed by atoms with van der Waals surface area (Å²) in [6, 6.07) is 0. The van der Waals surface area contributed by atoms with Crippen molar-refractivity contribution in [3.8, 4) is 0 Å². The molecule has 1 saturated heterocycles. The van der Waals surface area contributed by atoms with E-state index in [9.17, 15) is 4.79 Å². The highest BCUT2D eigenvalue weighted by Crippen LogP contribution is 2.19. The van der Waals surface area contributed by atoms with Gasteiger partial charge >= 0.3 is 5.97 Å². The zero-order valence-corrected chi connectivity index (χ0v) is 14.2. The number of hydrogen-bond donors (Lipinski definition) is 0. The van der Waals surface area contributed by atoms with E-state index in [0.29, 0.717) is 6.42 Å². The summed E-state index contributed by atoms with van der Waals surface area (Å²) in [5.74, 6) is 0.0489. The molecule has 1 heterocycles. The van der Waals surface area contributed by atoms with Gasteiger partial charge in [-0.05, 0) is 32.1 Å². The Labute approximate surface area is 132 Å². The first-order valence-corrected chi connectivity index (χ1v) is 9.52. The Bertz CT molecular complexity index is 250. The zero-order valence-electron chi connectivity index (χ0n) is 14.2. The number of ether oxygens (including phenoxy) is 1. The highest BCUT2D eigenvalue weighted by Gasteiger charge is 2.14. The molecule has 21 heavy (non-hydrogen) atoms. The van der Waals surface area contributed by atoms with E-state index in [1.165, 1.54) is 77.0 Å². The molecule has 1 unspecified atom stereocenters. The number of hydrogen-bond acceptors (Lipinski definition) is 2. The van der Waals surface area contributed by atoms with Gasteiger partial charge in [0.15, 0.2) is 0 Å². The van der Waals surface area contributed by atoms with Crippen LogP contribution in [0.5, 0.6) is 0 Å². The Kier molecular flexibility index (Phi) is 11.6. The van der Waals surface area contributed by atoms with E-state index in [4.69, 9.17) is 4.74 Å². The molecule has 0 bridgehead atoms. The predicted octanol–water partition coefficient (Wildman–Crippen LogP) is 6.17. The largest absolute Gasteiger partial charge is 0.462 e. The molecule has 0 amide bonds. The summed E-state index contributed by atoms with van der Waals surface area (Å²) >= 11 is 0. The highest BCUT2D eigenvalue weighted by molar-refractivity contribution is 5.69. The third-order valence-electron chi connectivity index (χ3n) is 4.58. The molecule has 0 radical (unpaired) electrons. The number of carbonyl (C=O) groups excluding carboxylic acids is 1. The topological polar surface area (TPSA) is 26.3 Å². The lowest BCUT2D eigenvalue weighted by atomic mass is 10.0. The number of cyclic esters (lactones) is 1. The van der Waals surface area contributed by atoms with Crippen LogP contribution in [-0.2, 0) is 9.53 Å². The highest BCUT2D eigenvalue weighted by atomic mass is 16.5. The van der Waals surface area contributed by atoms with E-state index in [1.54, 1.807) is 0 Å². The van der Waals surface area contributed by atoms with Gasteiger partial charge in [0.1, 0.15) is 6.10 Å². The van der Waals surface area contributed by atoms with Gasteiger partial charge in [0, 0.05) is 6.42 Å². The fourth-order valence-corrected chi connectivity index (χ4v) is 3.18. The quantitative estimate of drug-likeness (QED) is 0.432. The second kappa shape index (κ2) is 13.2. The van der Waals surface area contributed by atoms with Gasteiger partial charge in [-0.1, -0.05) is 71.1 Å². The van der Waals surface area contributed by atoms with E-state index in [1.807, 2.05) is 0 Å². The Hall–Kier alpha value is -0.530. The minimum absolute atomic E-state index is 0.0489. The molecule has 0 spiro atoms. The summed E-state index contributed by atoms with van der Waals surface area (Å²) in [6.07, 6.45) is 19.6. The first kappa shape index (κ1) is 18.5. The van der Waals surface area contributed by atoms with Crippen LogP contribution in [0.4, 0.5) is 0 Å². The van der Waals surface area contributed by atoms with Gasteiger partial charge in [-0.25, -0.2) is 0 Å². The molecule has 0 aromatic rings. The van der Waals surface area contributed by atoms with Gasteiger partial charge < -0.3 is 4.74 Å². The summed E-state index contributed by atoms with van der Waals surface area (Å²) in [7, 11) is 0. The number of rotatable bonds is 6. The molecule has 1 aliphatic rings. The minimum Gasteiger partial charge on any atom is -0.462 e. The van der Waals surface area contributed by atoms with Crippen molar-refractivity contribution in [2.45, 2.75) is 116 Å². The molecule has 1 rings (SSSR count). The number of unbranched alkanes of at least 4 members (excludes halogenated alkanes) is 4. The van der Waals surface area contributed by atoms with E-state index in [-0.39, 0.29) is 12.1 Å². The van der Waals surface area contributed by atoms with Crippen molar-refractivity contribution in [1.82, 2.24) is 0 Å². The summed E-state index contributed by atoms with van der Waals surface area (Å²) in [4.78, 5) is 11.9. The van der Waals surface area contributed by atoms with Gasteiger partial charge in [-0.15, -0.1) is 0 Å². The van der Waals surface area contributed by atoms with Crippen LogP contribution < -0.4 is 0 Å². The van der Waals surface area contributed by atoms with Crippen LogP contribution in [0.3, 0.4) is 0 Å². The lowest BCUT2D eigenvalue weighted by Crippen LogP contribution is -2.18. The minimum atomic E-state index is 0.0489. The van der Waals surface area contributed by atoms with Crippen LogP contribution in [0.25, 0.3) is 0 Å². The fraction of sp³-hybridized carbons (Fsp3) is 0.947. The maximum absolute atomic E-state index is 11.9. The van der Waals surface area contributed by atoms with Crippen LogP contribution in [0.15, 0.2) is 0 Å². The van der Waals surface area contributed by atoms with Gasteiger partial charge in [0.05, 0.1) is 0 Å². The lowest BCUT2D eigenvalue weighted by Gasteiger charge is -2.18. The van der Waals surface area contributed by atoms with Crippen molar-refractivity contribution in [1.29, 1.82) is 0 Å². The molecule has 1 atom stereocenters. The Balaban J connectivity index is 2.27. The maximum atomic E-state index is 11.9. The van der Waals surface area contributed by atoms with Crippen LogP contribution >= 0.6 is 0 Å². The van der Waals surface area contributed by atoms with Crippen molar-refractivity contribution in [2.75, 3.05) is 0 Å². The van der Waals surface area contributed by atoms with Crippen molar-refractivity contribution >= 4 is 5.97 Å². The molecular weight excluding hydrogens is 260 g/mol. The van der Waals surface area contributed by atoms with Crippen LogP contribution in [0.2, 0.25) is 0 Å². The van der Waals surface area contributed by atoms with Crippen LogP contribution in [0, 0.1) is 0 Å². The standard InChI is InChI=1S/C19H36O2/c1-2-3-4-9-12-15-18-16-13-10-7-5-6-8-11-14-17-19(20)21-18/h18H,2-17H2,1H3. The fourth-order valence-electron chi connectivity index (χ4n) is 3.18. The predicted molar refractivity (Wildman–Crippen MR) is 89.4 cm³/mol. The zero-order chi connectivity index (χ0) is 15.2. The second-order valence-corrected chi connectivity index (χ2v) is 6.68. The van der Waals surface area contributed by atoms with Crippen molar-refractivity contribution in [3.05, 3.63) is 0 Å². The normalized spacial score (nSPS) is 22.7. The first-order valence-electron chi connectivity index (χ1n) is 9.52. The van der Waals surface area contributed by atoms with E-state index >= 15 is 0 Å². The van der Waals surface area contributed by atoms with Crippen molar-refractivity contribution in [2.24, 2.45) is 0 Å². The molecule has 0 aromatic carbocycles. The van der Waals surface area contributed by atoms with Gasteiger partial charge in [0.25, 0.3) is 0 Å². The Morgan fingerprint density at radius 3 is 2.19 bits per heavy atom. The molecule has 2 nitrogen and oxygen atoms in total. The van der Waals surface area contributed by atoms with E-state index < -0.39 is 0 Å². The molecule has 124 valence electrons. The van der Waals surface area contributed by atoms with Gasteiger partial charge in [-0.2, -0.15) is 0 Å². The summed E-state index contributed by atoms with van der Waals surface area (Å²) < 4.78 is 5.73. The third kappa shape index (κ3) is 10.8. The van der Waals surface area contributed by atoms with Gasteiger partial charge in [0.2, 0.25) is 0 Å². The average molecular weight is 296 g/mol. The first-order chi connectivity index (χ1) is 10.3. The molecule has 1 aliphatic heterocycles. The summed E-state index contributed by atoms with van der Waals surface area (Å²) in [5.41, 5.74) is 0. The molecule has 0 N–H and O–H groups in total. The summed E-state index contributed by atoms with van der Waals surface area (Å²) in [5, 5.41) is 0. The SMILES string of the molecule is CCCCCCCC1CCCCCCCCCCC(=O)O1. The maximum Gasteiger partial charge on any atom is 0.306 e. The molecular formula is C19H36O2. The van der Waals surface area contributed by atoms with Crippen molar-refractivity contribution in [3.63, 3.8) is 0 Å². The number of carbonyl (C=O) groups is 1. The molecule has 0 aromatic heterocycles. The van der Waals surface area contributed by atoms with Crippen molar-refractivity contribution < 1.29 is 9.53 Å². The lowest BCUT2D eigenvalue weighted by molar-refractivity contribution is -0.150.